The highest BCUT2D eigenvalue weighted by molar-refractivity contribution is 6.33. The number of benzene rings is 2. The van der Waals surface area contributed by atoms with Gasteiger partial charge in [-0.05, 0) is 30.3 Å². The molecule has 0 aromatic heterocycles. The zero-order valence-electron chi connectivity index (χ0n) is 15.8. The number of carbonyl (C=O) groups excluding carboxylic acids is 1. The molecule has 27 heavy (non-hydrogen) atoms. The van der Waals surface area contributed by atoms with Gasteiger partial charge in [0.15, 0.2) is 17.3 Å². The van der Waals surface area contributed by atoms with Crippen molar-refractivity contribution < 1.29 is 14.3 Å². The molecule has 1 fully saturated rings. The van der Waals surface area contributed by atoms with Gasteiger partial charge in [-0.15, -0.1) is 0 Å². The molecule has 2 aromatic carbocycles. The highest BCUT2D eigenvalue weighted by Gasteiger charge is 2.19. The van der Waals surface area contributed by atoms with Crippen LogP contribution in [0.15, 0.2) is 42.5 Å². The van der Waals surface area contributed by atoms with Crippen LogP contribution in [0.5, 0.6) is 11.5 Å². The Balaban J connectivity index is 1.51. The minimum atomic E-state index is 0.115. The van der Waals surface area contributed by atoms with Crippen LogP contribution in [-0.4, -0.2) is 57.6 Å². The van der Waals surface area contributed by atoms with E-state index in [1.54, 1.807) is 32.4 Å². The fourth-order valence-corrected chi connectivity index (χ4v) is 3.59. The SMILES string of the molecule is COc1ccc(C(=O)CCN2CCN(c3ccccc3Cl)CC2)cc1OC. The van der Waals surface area contributed by atoms with E-state index < -0.39 is 0 Å². The average molecular weight is 389 g/mol. The molecule has 2 aromatic rings. The fourth-order valence-electron chi connectivity index (χ4n) is 3.33. The molecule has 1 aliphatic heterocycles. The summed E-state index contributed by atoms with van der Waals surface area (Å²) in [6.45, 7) is 4.42. The van der Waals surface area contributed by atoms with Crippen LogP contribution >= 0.6 is 11.6 Å². The predicted octanol–water partition coefficient (Wildman–Crippen LogP) is 3.75. The lowest BCUT2D eigenvalue weighted by molar-refractivity contribution is 0.0962. The molecule has 0 amide bonds. The number of anilines is 1. The number of piperazine rings is 1. The molecular formula is C21H25ClN2O3. The van der Waals surface area contributed by atoms with E-state index in [2.05, 4.69) is 15.9 Å². The molecule has 1 heterocycles. The van der Waals surface area contributed by atoms with Crippen molar-refractivity contribution in [1.82, 2.24) is 4.90 Å². The molecule has 0 bridgehead atoms. The molecule has 3 rings (SSSR count). The summed E-state index contributed by atoms with van der Waals surface area (Å²) in [5.41, 5.74) is 1.74. The van der Waals surface area contributed by atoms with Crippen LogP contribution in [0.4, 0.5) is 5.69 Å². The van der Waals surface area contributed by atoms with Crippen molar-refractivity contribution in [2.24, 2.45) is 0 Å². The zero-order valence-corrected chi connectivity index (χ0v) is 16.5. The van der Waals surface area contributed by atoms with E-state index in [0.29, 0.717) is 23.5 Å². The van der Waals surface area contributed by atoms with E-state index in [0.717, 1.165) is 43.4 Å². The van der Waals surface area contributed by atoms with Crippen molar-refractivity contribution in [1.29, 1.82) is 0 Å². The van der Waals surface area contributed by atoms with Crippen LogP contribution in [0, 0.1) is 0 Å². The van der Waals surface area contributed by atoms with Crippen LogP contribution < -0.4 is 14.4 Å². The topological polar surface area (TPSA) is 42.0 Å². The molecule has 0 unspecified atom stereocenters. The van der Waals surface area contributed by atoms with Gasteiger partial charge in [0.05, 0.1) is 24.9 Å². The second kappa shape index (κ2) is 9.11. The third-order valence-corrected chi connectivity index (χ3v) is 5.25. The van der Waals surface area contributed by atoms with Gasteiger partial charge in [-0.1, -0.05) is 23.7 Å². The summed E-state index contributed by atoms with van der Waals surface area (Å²) in [5, 5.41) is 0.787. The smallest absolute Gasteiger partial charge is 0.164 e. The summed E-state index contributed by atoms with van der Waals surface area (Å²) in [6, 6.07) is 13.2. The minimum absolute atomic E-state index is 0.115. The van der Waals surface area contributed by atoms with E-state index in [1.165, 1.54) is 0 Å². The van der Waals surface area contributed by atoms with Crippen molar-refractivity contribution in [2.75, 3.05) is 51.8 Å². The molecule has 6 heteroatoms. The summed E-state index contributed by atoms with van der Waals surface area (Å²) in [4.78, 5) is 17.2. The molecule has 1 saturated heterocycles. The van der Waals surface area contributed by atoms with E-state index in [-0.39, 0.29) is 5.78 Å². The standard InChI is InChI=1S/C21H25ClN2O3/c1-26-20-8-7-16(15-21(20)27-2)19(25)9-10-23-11-13-24(14-12-23)18-6-4-3-5-17(18)22/h3-8,15H,9-14H2,1-2H3. The normalized spacial score (nSPS) is 14.9. The molecule has 5 nitrogen and oxygen atoms in total. The van der Waals surface area contributed by atoms with Crippen molar-refractivity contribution in [3.8, 4) is 11.5 Å². The summed E-state index contributed by atoms with van der Waals surface area (Å²) in [6.07, 6.45) is 0.488. The molecule has 0 saturated carbocycles. The highest BCUT2D eigenvalue weighted by Crippen LogP contribution is 2.28. The Morgan fingerprint density at radius 3 is 2.37 bits per heavy atom. The number of hydrogen-bond donors (Lipinski definition) is 0. The van der Waals surface area contributed by atoms with Gasteiger partial charge in [0, 0.05) is 44.7 Å². The van der Waals surface area contributed by atoms with Gasteiger partial charge >= 0.3 is 0 Å². The summed E-state index contributed by atoms with van der Waals surface area (Å²) < 4.78 is 10.5. The maximum Gasteiger partial charge on any atom is 0.164 e. The quantitative estimate of drug-likeness (QED) is 0.676. The van der Waals surface area contributed by atoms with Gasteiger partial charge in [-0.25, -0.2) is 0 Å². The van der Waals surface area contributed by atoms with Crippen molar-refractivity contribution in [3.63, 3.8) is 0 Å². The Bertz CT molecular complexity index is 789. The number of rotatable bonds is 7. The van der Waals surface area contributed by atoms with Crippen LogP contribution in [0.3, 0.4) is 0 Å². The Morgan fingerprint density at radius 1 is 1.00 bits per heavy atom. The van der Waals surface area contributed by atoms with Gasteiger partial charge in [0.2, 0.25) is 0 Å². The van der Waals surface area contributed by atoms with Gasteiger partial charge in [0.25, 0.3) is 0 Å². The molecule has 0 aliphatic carbocycles. The Labute approximate surface area is 165 Å². The number of para-hydroxylation sites is 1. The van der Waals surface area contributed by atoms with Crippen LogP contribution in [0.1, 0.15) is 16.8 Å². The first-order valence-corrected chi connectivity index (χ1v) is 9.47. The Kier molecular flexibility index (Phi) is 6.58. The number of methoxy groups -OCH3 is 2. The number of carbonyl (C=O) groups is 1. The summed E-state index contributed by atoms with van der Waals surface area (Å²) >= 11 is 6.29. The molecular weight excluding hydrogens is 364 g/mol. The lowest BCUT2D eigenvalue weighted by atomic mass is 10.1. The van der Waals surface area contributed by atoms with E-state index in [1.807, 2.05) is 18.2 Å². The first-order valence-electron chi connectivity index (χ1n) is 9.09. The molecule has 0 radical (unpaired) electrons. The molecule has 144 valence electrons. The molecule has 0 atom stereocenters. The molecule has 0 N–H and O–H groups in total. The van der Waals surface area contributed by atoms with Crippen molar-refractivity contribution >= 4 is 23.1 Å². The maximum absolute atomic E-state index is 12.5. The monoisotopic (exact) mass is 388 g/mol. The number of nitrogens with zero attached hydrogens (tertiary/aromatic N) is 2. The third-order valence-electron chi connectivity index (χ3n) is 4.93. The van der Waals surface area contributed by atoms with Crippen LogP contribution in [0.2, 0.25) is 5.02 Å². The van der Waals surface area contributed by atoms with Gasteiger partial charge in [-0.2, -0.15) is 0 Å². The average Bonchev–Trinajstić information content (AvgIpc) is 2.72. The largest absolute Gasteiger partial charge is 0.493 e. The van der Waals surface area contributed by atoms with Crippen LogP contribution in [0.25, 0.3) is 0 Å². The second-order valence-electron chi connectivity index (χ2n) is 6.52. The highest BCUT2D eigenvalue weighted by atomic mass is 35.5. The second-order valence-corrected chi connectivity index (χ2v) is 6.93. The van der Waals surface area contributed by atoms with Gasteiger partial charge < -0.3 is 14.4 Å². The summed E-state index contributed by atoms with van der Waals surface area (Å²) in [7, 11) is 3.16. The third kappa shape index (κ3) is 4.73. The lowest BCUT2D eigenvalue weighted by Gasteiger charge is -2.36. The lowest BCUT2D eigenvalue weighted by Crippen LogP contribution is -2.47. The van der Waals surface area contributed by atoms with Crippen molar-refractivity contribution in [2.45, 2.75) is 6.42 Å². The first-order chi connectivity index (χ1) is 13.1. The summed E-state index contributed by atoms with van der Waals surface area (Å²) in [5.74, 6) is 1.32. The predicted molar refractivity (Wildman–Crippen MR) is 109 cm³/mol. The first kappa shape index (κ1) is 19.5. The number of ether oxygens (including phenoxy) is 2. The van der Waals surface area contributed by atoms with Gasteiger partial charge in [-0.3, -0.25) is 9.69 Å². The minimum Gasteiger partial charge on any atom is -0.493 e. The maximum atomic E-state index is 12.5. The van der Waals surface area contributed by atoms with E-state index in [4.69, 9.17) is 21.1 Å². The zero-order chi connectivity index (χ0) is 19.2. The fraction of sp³-hybridized carbons (Fsp3) is 0.381. The van der Waals surface area contributed by atoms with Crippen LogP contribution in [-0.2, 0) is 0 Å². The van der Waals surface area contributed by atoms with Gasteiger partial charge in [0.1, 0.15) is 0 Å². The molecule has 1 aliphatic rings. The van der Waals surface area contributed by atoms with Crippen molar-refractivity contribution in [3.05, 3.63) is 53.1 Å². The van der Waals surface area contributed by atoms with E-state index >= 15 is 0 Å². The molecule has 0 spiro atoms. The van der Waals surface area contributed by atoms with E-state index in [9.17, 15) is 4.79 Å². The number of ketones is 1. The number of halogens is 1. The number of Topliss-reactive ketones (excluding diaryl/α,β-unsaturated/α-hetero) is 1. The Morgan fingerprint density at radius 2 is 1.70 bits per heavy atom. The Hall–Kier alpha value is -2.24. The number of hydrogen-bond acceptors (Lipinski definition) is 5.